The summed E-state index contributed by atoms with van der Waals surface area (Å²) in [5, 5.41) is 13.7. The van der Waals surface area contributed by atoms with Crippen LogP contribution in [0, 0.1) is 0 Å². The zero-order valence-corrected chi connectivity index (χ0v) is 8.99. The van der Waals surface area contributed by atoms with E-state index in [2.05, 4.69) is 0 Å². The van der Waals surface area contributed by atoms with Gasteiger partial charge >= 0.3 is 0 Å². The molecule has 0 aliphatic rings. The molecular formula is C9H7ClOS2. The Balaban J connectivity index is 2.28. The summed E-state index contributed by atoms with van der Waals surface area (Å²) in [7, 11) is 0. The van der Waals surface area contributed by atoms with Gasteiger partial charge in [0.2, 0.25) is 0 Å². The van der Waals surface area contributed by atoms with Gasteiger partial charge in [0.1, 0.15) is 6.10 Å². The molecule has 1 nitrogen and oxygen atoms in total. The van der Waals surface area contributed by atoms with Gasteiger partial charge < -0.3 is 5.11 Å². The molecule has 0 amide bonds. The molecule has 1 atom stereocenters. The average molecular weight is 231 g/mol. The van der Waals surface area contributed by atoms with E-state index in [0.29, 0.717) is 4.34 Å². The lowest BCUT2D eigenvalue weighted by Crippen LogP contribution is -1.93. The van der Waals surface area contributed by atoms with E-state index in [-0.39, 0.29) is 0 Å². The lowest BCUT2D eigenvalue weighted by molar-refractivity contribution is 0.224. The molecule has 4 heteroatoms. The zero-order valence-electron chi connectivity index (χ0n) is 6.61. The van der Waals surface area contributed by atoms with Gasteiger partial charge in [0.15, 0.2) is 0 Å². The third-order valence-electron chi connectivity index (χ3n) is 1.72. The number of aliphatic hydroxyl groups excluding tert-OH is 1. The second kappa shape index (κ2) is 3.80. The average Bonchev–Trinajstić information content (AvgIpc) is 2.72. The molecular weight excluding hydrogens is 224 g/mol. The van der Waals surface area contributed by atoms with Crippen LogP contribution in [-0.2, 0) is 0 Å². The van der Waals surface area contributed by atoms with Gasteiger partial charge in [-0.3, -0.25) is 0 Å². The van der Waals surface area contributed by atoms with Crippen molar-refractivity contribution >= 4 is 34.3 Å². The van der Waals surface area contributed by atoms with Crippen LogP contribution in [0.25, 0.3) is 0 Å². The van der Waals surface area contributed by atoms with Crippen molar-refractivity contribution in [3.05, 3.63) is 43.7 Å². The molecule has 2 heterocycles. The molecule has 2 aromatic heterocycles. The predicted molar refractivity (Wildman–Crippen MR) is 57.7 cm³/mol. The summed E-state index contributed by atoms with van der Waals surface area (Å²) in [6, 6.07) is 5.58. The SMILES string of the molecule is O[C@H](c1ccsc1)c1ccc(Cl)s1. The predicted octanol–water partition coefficient (Wildman–Crippen LogP) is 3.54. The van der Waals surface area contributed by atoms with Crippen molar-refractivity contribution < 1.29 is 5.11 Å². The largest absolute Gasteiger partial charge is 0.383 e. The van der Waals surface area contributed by atoms with E-state index in [1.807, 2.05) is 22.9 Å². The van der Waals surface area contributed by atoms with Crippen LogP contribution in [0.15, 0.2) is 29.0 Å². The first-order valence-electron chi connectivity index (χ1n) is 3.73. The van der Waals surface area contributed by atoms with E-state index in [9.17, 15) is 5.11 Å². The monoisotopic (exact) mass is 230 g/mol. The van der Waals surface area contributed by atoms with E-state index >= 15 is 0 Å². The van der Waals surface area contributed by atoms with E-state index in [1.165, 1.54) is 11.3 Å². The molecule has 0 aromatic carbocycles. The van der Waals surface area contributed by atoms with Crippen molar-refractivity contribution in [2.45, 2.75) is 6.10 Å². The molecule has 1 N–H and O–H groups in total. The molecule has 0 spiro atoms. The first kappa shape index (κ1) is 9.21. The first-order valence-corrected chi connectivity index (χ1v) is 5.86. The van der Waals surface area contributed by atoms with Crippen LogP contribution in [-0.4, -0.2) is 5.11 Å². The number of hydrogen-bond acceptors (Lipinski definition) is 3. The maximum Gasteiger partial charge on any atom is 0.114 e. The van der Waals surface area contributed by atoms with Gasteiger partial charge in [0, 0.05) is 4.88 Å². The normalized spacial score (nSPS) is 13.1. The number of halogens is 1. The molecule has 0 bridgehead atoms. The van der Waals surface area contributed by atoms with Gasteiger partial charge in [-0.05, 0) is 34.5 Å². The third kappa shape index (κ3) is 1.94. The second-order valence-electron chi connectivity index (χ2n) is 2.60. The Bertz CT molecular complexity index is 380. The van der Waals surface area contributed by atoms with Crippen molar-refractivity contribution in [3.8, 4) is 0 Å². The molecule has 0 aliphatic carbocycles. The summed E-state index contributed by atoms with van der Waals surface area (Å²) >= 11 is 8.77. The van der Waals surface area contributed by atoms with Gasteiger partial charge in [-0.2, -0.15) is 11.3 Å². The Kier molecular flexibility index (Phi) is 2.69. The minimum atomic E-state index is -0.524. The van der Waals surface area contributed by atoms with Crippen LogP contribution < -0.4 is 0 Å². The summed E-state index contributed by atoms with van der Waals surface area (Å²) in [5.74, 6) is 0. The molecule has 2 aromatic rings. The molecule has 0 unspecified atom stereocenters. The van der Waals surface area contributed by atoms with E-state index < -0.39 is 6.10 Å². The molecule has 0 radical (unpaired) electrons. The fourth-order valence-electron chi connectivity index (χ4n) is 1.07. The molecule has 2 rings (SSSR count). The molecule has 68 valence electrons. The van der Waals surface area contributed by atoms with Crippen LogP contribution in [0.4, 0.5) is 0 Å². The van der Waals surface area contributed by atoms with Crippen molar-refractivity contribution in [1.29, 1.82) is 0 Å². The molecule has 0 fully saturated rings. The Morgan fingerprint density at radius 2 is 2.15 bits per heavy atom. The Morgan fingerprint density at radius 3 is 2.69 bits per heavy atom. The summed E-state index contributed by atoms with van der Waals surface area (Å²) in [4.78, 5) is 0.892. The summed E-state index contributed by atoms with van der Waals surface area (Å²) in [5.41, 5.74) is 0.934. The van der Waals surface area contributed by atoms with E-state index in [1.54, 1.807) is 17.4 Å². The fourth-order valence-corrected chi connectivity index (χ4v) is 2.82. The minimum absolute atomic E-state index is 0.524. The van der Waals surface area contributed by atoms with Crippen molar-refractivity contribution in [1.82, 2.24) is 0 Å². The number of thiophene rings is 2. The van der Waals surface area contributed by atoms with Gasteiger partial charge in [0.25, 0.3) is 0 Å². The lowest BCUT2D eigenvalue weighted by Gasteiger charge is -2.04. The van der Waals surface area contributed by atoms with Gasteiger partial charge in [-0.15, -0.1) is 11.3 Å². The Hall–Kier alpha value is -0.350. The standard InChI is InChI=1S/C9H7ClOS2/c10-8-2-1-7(13-8)9(11)6-3-4-12-5-6/h1-5,9,11H/t9-/m1/s1. The second-order valence-corrected chi connectivity index (χ2v) is 5.13. The number of aliphatic hydroxyl groups is 1. The molecule has 0 saturated heterocycles. The molecule has 0 saturated carbocycles. The van der Waals surface area contributed by atoms with Crippen LogP contribution in [0.3, 0.4) is 0 Å². The maximum absolute atomic E-state index is 9.85. The van der Waals surface area contributed by atoms with Crippen LogP contribution in [0.1, 0.15) is 16.5 Å². The highest BCUT2D eigenvalue weighted by atomic mass is 35.5. The fraction of sp³-hybridized carbons (Fsp3) is 0.111. The number of hydrogen-bond donors (Lipinski definition) is 1. The van der Waals surface area contributed by atoms with Crippen molar-refractivity contribution in [3.63, 3.8) is 0 Å². The smallest absolute Gasteiger partial charge is 0.114 e. The summed E-state index contributed by atoms with van der Waals surface area (Å²) in [6.07, 6.45) is -0.524. The van der Waals surface area contributed by atoms with Gasteiger partial charge in [-0.25, -0.2) is 0 Å². The molecule has 13 heavy (non-hydrogen) atoms. The van der Waals surface area contributed by atoms with Gasteiger partial charge in [-0.1, -0.05) is 11.6 Å². The van der Waals surface area contributed by atoms with Crippen LogP contribution in [0.5, 0.6) is 0 Å². The maximum atomic E-state index is 9.85. The van der Waals surface area contributed by atoms with E-state index in [0.717, 1.165) is 10.4 Å². The topological polar surface area (TPSA) is 20.2 Å². The van der Waals surface area contributed by atoms with Crippen molar-refractivity contribution in [2.24, 2.45) is 0 Å². The van der Waals surface area contributed by atoms with Crippen LogP contribution in [0.2, 0.25) is 4.34 Å². The first-order chi connectivity index (χ1) is 6.27. The summed E-state index contributed by atoms with van der Waals surface area (Å²) in [6.45, 7) is 0. The minimum Gasteiger partial charge on any atom is -0.383 e. The summed E-state index contributed by atoms with van der Waals surface area (Å²) < 4.78 is 0.712. The van der Waals surface area contributed by atoms with Gasteiger partial charge in [0.05, 0.1) is 4.34 Å². The van der Waals surface area contributed by atoms with E-state index in [4.69, 9.17) is 11.6 Å². The van der Waals surface area contributed by atoms with Crippen molar-refractivity contribution in [2.75, 3.05) is 0 Å². The molecule has 0 aliphatic heterocycles. The van der Waals surface area contributed by atoms with Crippen LogP contribution >= 0.6 is 34.3 Å². The number of rotatable bonds is 2. The highest BCUT2D eigenvalue weighted by Gasteiger charge is 2.12. The highest BCUT2D eigenvalue weighted by molar-refractivity contribution is 7.16. The highest BCUT2D eigenvalue weighted by Crippen LogP contribution is 2.31. The quantitative estimate of drug-likeness (QED) is 0.837. The Morgan fingerprint density at radius 1 is 1.31 bits per heavy atom. The lowest BCUT2D eigenvalue weighted by atomic mass is 10.2. The third-order valence-corrected chi connectivity index (χ3v) is 3.71. The Labute approximate surface area is 89.2 Å². The zero-order chi connectivity index (χ0) is 9.26.